The minimum Gasteiger partial charge on any atom is -0.334 e. The van der Waals surface area contributed by atoms with E-state index in [1.54, 1.807) is 35.0 Å². The van der Waals surface area contributed by atoms with Gasteiger partial charge in [-0.1, -0.05) is 77.3 Å². The molecule has 4 rings (SSSR count). The average Bonchev–Trinajstić information content (AvgIpc) is 3.09. The number of benzene rings is 3. The first-order chi connectivity index (χ1) is 15.4. The van der Waals surface area contributed by atoms with E-state index in [-0.39, 0.29) is 6.03 Å². The van der Waals surface area contributed by atoms with Crippen molar-refractivity contribution in [3.8, 4) is 16.9 Å². The number of anilines is 1. The Bertz CT molecular complexity index is 1250. The summed E-state index contributed by atoms with van der Waals surface area (Å²) in [6.07, 6.45) is 0. The zero-order chi connectivity index (χ0) is 22.7. The molecule has 0 atom stereocenters. The van der Waals surface area contributed by atoms with Crippen LogP contribution in [0, 0.1) is 6.92 Å². The number of hydrogen-bond acceptors (Lipinski definition) is 2. The van der Waals surface area contributed by atoms with Gasteiger partial charge in [-0.2, -0.15) is 0 Å². The number of rotatable bonds is 5. The summed E-state index contributed by atoms with van der Waals surface area (Å²) < 4.78 is 1.70. The van der Waals surface area contributed by atoms with Gasteiger partial charge in [-0.3, -0.25) is 5.32 Å². The van der Waals surface area contributed by atoms with Crippen LogP contribution < -0.4 is 10.6 Å². The van der Waals surface area contributed by atoms with Gasteiger partial charge in [0.2, 0.25) is 0 Å². The lowest BCUT2D eigenvalue weighted by atomic mass is 10.1. The Hall–Kier alpha value is -2.99. The molecule has 0 spiro atoms. The van der Waals surface area contributed by atoms with Gasteiger partial charge < -0.3 is 5.32 Å². The molecular formula is C24H19Cl3N4O. The SMILES string of the molecule is Cc1c(NC(=O)NCc2ccccc2)nn(-c2ccc(Cl)cc2Cl)c1-c1ccc(Cl)cc1. The first-order valence-electron chi connectivity index (χ1n) is 9.82. The molecule has 0 aliphatic carbocycles. The molecule has 8 heteroatoms. The second-order valence-corrected chi connectivity index (χ2v) is 8.41. The van der Waals surface area contributed by atoms with Gasteiger partial charge in [0, 0.05) is 27.7 Å². The number of carbonyl (C=O) groups is 1. The summed E-state index contributed by atoms with van der Waals surface area (Å²) in [4.78, 5) is 12.6. The van der Waals surface area contributed by atoms with Gasteiger partial charge in [0.1, 0.15) is 0 Å². The molecule has 1 aromatic heterocycles. The Morgan fingerprint density at radius 2 is 1.62 bits per heavy atom. The molecule has 0 aliphatic heterocycles. The monoisotopic (exact) mass is 484 g/mol. The molecule has 2 N–H and O–H groups in total. The van der Waals surface area contributed by atoms with E-state index in [1.165, 1.54) is 0 Å². The molecule has 32 heavy (non-hydrogen) atoms. The number of nitrogens with one attached hydrogen (secondary N) is 2. The molecule has 0 saturated carbocycles. The molecule has 0 radical (unpaired) electrons. The summed E-state index contributed by atoms with van der Waals surface area (Å²) in [7, 11) is 0. The lowest BCUT2D eigenvalue weighted by Crippen LogP contribution is -2.28. The maximum absolute atomic E-state index is 12.6. The first kappa shape index (κ1) is 22.2. The maximum atomic E-state index is 12.6. The van der Waals surface area contributed by atoms with Crippen LogP contribution in [-0.2, 0) is 6.54 Å². The molecule has 3 aromatic carbocycles. The largest absolute Gasteiger partial charge is 0.334 e. The summed E-state index contributed by atoms with van der Waals surface area (Å²) in [5.74, 6) is 0.423. The van der Waals surface area contributed by atoms with Gasteiger partial charge in [0.15, 0.2) is 5.82 Å². The van der Waals surface area contributed by atoms with E-state index in [1.807, 2.05) is 49.4 Å². The van der Waals surface area contributed by atoms with Crippen LogP contribution in [0.25, 0.3) is 16.9 Å². The lowest BCUT2D eigenvalue weighted by Gasteiger charge is -2.10. The minimum absolute atomic E-state index is 0.355. The van der Waals surface area contributed by atoms with E-state index < -0.39 is 0 Å². The number of halogens is 3. The molecule has 2 amide bonds. The van der Waals surface area contributed by atoms with Crippen molar-refractivity contribution in [1.82, 2.24) is 15.1 Å². The van der Waals surface area contributed by atoms with Gasteiger partial charge >= 0.3 is 6.03 Å². The Labute approximate surface area is 200 Å². The van der Waals surface area contributed by atoms with Gasteiger partial charge in [-0.05, 0) is 42.8 Å². The molecule has 0 fully saturated rings. The number of nitrogens with zero attached hydrogens (tertiary/aromatic N) is 2. The summed E-state index contributed by atoms with van der Waals surface area (Å²) in [5.41, 5.74) is 4.09. The van der Waals surface area contributed by atoms with E-state index in [9.17, 15) is 4.79 Å². The molecule has 5 nitrogen and oxygen atoms in total. The Morgan fingerprint density at radius 1 is 0.938 bits per heavy atom. The standard InChI is InChI=1S/C24H19Cl3N4O/c1-15-22(17-7-9-18(25)10-8-17)31(21-12-11-19(26)13-20(21)27)30-23(15)29-24(32)28-14-16-5-3-2-4-6-16/h2-13H,14H2,1H3,(H2,28,29,30,32). The highest BCUT2D eigenvalue weighted by atomic mass is 35.5. The van der Waals surface area contributed by atoms with Crippen molar-refractivity contribution in [2.75, 3.05) is 5.32 Å². The van der Waals surface area contributed by atoms with Crippen molar-refractivity contribution in [3.63, 3.8) is 0 Å². The predicted molar refractivity (Wildman–Crippen MR) is 131 cm³/mol. The Morgan fingerprint density at radius 3 is 2.31 bits per heavy atom. The van der Waals surface area contributed by atoms with Gasteiger partial charge in [0.05, 0.1) is 16.4 Å². The van der Waals surface area contributed by atoms with E-state index in [2.05, 4.69) is 15.7 Å². The second kappa shape index (κ2) is 9.65. The number of aromatic nitrogens is 2. The second-order valence-electron chi connectivity index (χ2n) is 7.13. The predicted octanol–water partition coefficient (Wildman–Crippen LogP) is 7.13. The highest BCUT2D eigenvalue weighted by Crippen LogP contribution is 2.34. The van der Waals surface area contributed by atoms with Crippen molar-refractivity contribution in [2.24, 2.45) is 0 Å². The van der Waals surface area contributed by atoms with Crippen LogP contribution in [0.4, 0.5) is 10.6 Å². The normalized spacial score (nSPS) is 10.8. The Kier molecular flexibility index (Phi) is 6.70. The quantitative estimate of drug-likeness (QED) is 0.316. The fraction of sp³-hybridized carbons (Fsp3) is 0.0833. The van der Waals surface area contributed by atoms with Crippen LogP contribution in [0.1, 0.15) is 11.1 Å². The molecule has 4 aromatic rings. The average molecular weight is 486 g/mol. The number of amides is 2. The molecule has 0 unspecified atom stereocenters. The molecular weight excluding hydrogens is 467 g/mol. The highest BCUT2D eigenvalue weighted by Gasteiger charge is 2.20. The summed E-state index contributed by atoms with van der Waals surface area (Å²) in [6, 6.07) is 21.9. The topological polar surface area (TPSA) is 59.0 Å². The number of carbonyl (C=O) groups excluding carboxylic acids is 1. The third kappa shape index (κ3) is 4.91. The third-order valence-corrected chi connectivity index (χ3v) is 5.70. The molecule has 162 valence electrons. The highest BCUT2D eigenvalue weighted by molar-refractivity contribution is 6.35. The van der Waals surface area contributed by atoms with Crippen LogP contribution in [-0.4, -0.2) is 15.8 Å². The molecule has 0 saturated heterocycles. The van der Waals surface area contributed by atoms with E-state index in [0.29, 0.717) is 33.1 Å². The molecule has 0 bridgehead atoms. The van der Waals surface area contributed by atoms with Crippen molar-refractivity contribution in [2.45, 2.75) is 13.5 Å². The fourth-order valence-electron chi connectivity index (χ4n) is 3.32. The fourth-order valence-corrected chi connectivity index (χ4v) is 3.93. The zero-order valence-electron chi connectivity index (χ0n) is 17.1. The van der Waals surface area contributed by atoms with Crippen molar-refractivity contribution in [3.05, 3.63) is 99.0 Å². The minimum atomic E-state index is -0.355. The van der Waals surface area contributed by atoms with Crippen molar-refractivity contribution in [1.29, 1.82) is 0 Å². The zero-order valence-corrected chi connectivity index (χ0v) is 19.3. The summed E-state index contributed by atoms with van der Waals surface area (Å²) in [6.45, 7) is 2.30. The van der Waals surface area contributed by atoms with Crippen LogP contribution in [0.2, 0.25) is 15.1 Å². The van der Waals surface area contributed by atoms with Gasteiger partial charge in [-0.15, -0.1) is 5.10 Å². The number of urea groups is 1. The van der Waals surface area contributed by atoms with E-state index >= 15 is 0 Å². The van der Waals surface area contributed by atoms with Crippen LogP contribution in [0.5, 0.6) is 0 Å². The van der Waals surface area contributed by atoms with E-state index in [4.69, 9.17) is 34.8 Å². The van der Waals surface area contributed by atoms with Gasteiger partial charge in [-0.25, -0.2) is 9.48 Å². The smallest absolute Gasteiger partial charge is 0.320 e. The summed E-state index contributed by atoms with van der Waals surface area (Å²) in [5, 5.41) is 11.9. The summed E-state index contributed by atoms with van der Waals surface area (Å²) >= 11 is 18.6. The maximum Gasteiger partial charge on any atom is 0.320 e. The van der Waals surface area contributed by atoms with Gasteiger partial charge in [0.25, 0.3) is 0 Å². The van der Waals surface area contributed by atoms with Crippen molar-refractivity contribution >= 4 is 46.7 Å². The van der Waals surface area contributed by atoms with Crippen LogP contribution >= 0.6 is 34.8 Å². The molecule has 0 aliphatic rings. The van der Waals surface area contributed by atoms with Crippen LogP contribution in [0.3, 0.4) is 0 Å². The van der Waals surface area contributed by atoms with Crippen LogP contribution in [0.15, 0.2) is 72.8 Å². The van der Waals surface area contributed by atoms with Crippen molar-refractivity contribution < 1.29 is 4.79 Å². The first-order valence-corrected chi connectivity index (χ1v) is 11.0. The van der Waals surface area contributed by atoms with E-state index in [0.717, 1.165) is 22.4 Å². The third-order valence-electron chi connectivity index (χ3n) is 4.91. The number of hydrogen-bond donors (Lipinski definition) is 2. The lowest BCUT2D eigenvalue weighted by molar-refractivity contribution is 0.251. The Balaban J connectivity index is 1.69. The molecule has 1 heterocycles.